The molecule has 0 unspecified atom stereocenters. The van der Waals surface area contributed by atoms with Crippen molar-refractivity contribution in [2.75, 3.05) is 29.7 Å². The molecule has 0 aromatic carbocycles. The monoisotopic (exact) mass is 437 g/mol. The van der Waals surface area contributed by atoms with Gasteiger partial charge in [-0.05, 0) is 39.5 Å². The minimum absolute atomic E-state index is 0.0278. The van der Waals surface area contributed by atoms with Gasteiger partial charge in [-0.25, -0.2) is 15.8 Å². The molecule has 1 fully saturated rings. The topological polar surface area (TPSA) is 151 Å². The Labute approximate surface area is 175 Å². The largest absolute Gasteiger partial charge is 0.394 e. The number of nitrogen functional groups attached to an aromatic ring is 1. The molecule has 7 N–H and O–H groups in total. The first-order valence-electron chi connectivity index (χ1n) is 9.23. The van der Waals surface area contributed by atoms with Crippen molar-refractivity contribution in [1.29, 1.82) is 0 Å². The Morgan fingerprint density at radius 2 is 1.96 bits per heavy atom. The number of halogens is 1. The number of thioether (sulfide) groups is 1. The van der Waals surface area contributed by atoms with Crippen LogP contribution in [0.4, 0.5) is 11.5 Å². The first kappa shape index (κ1) is 25.2. The molecular formula is C17H32ClN5O4S. The van der Waals surface area contributed by atoms with E-state index in [0.29, 0.717) is 23.3 Å². The van der Waals surface area contributed by atoms with Gasteiger partial charge in [0.05, 0.1) is 19.3 Å². The van der Waals surface area contributed by atoms with Crippen molar-refractivity contribution in [3.8, 4) is 0 Å². The highest BCUT2D eigenvalue weighted by Crippen LogP contribution is 2.33. The summed E-state index contributed by atoms with van der Waals surface area (Å²) in [6, 6.07) is 0.0796. The van der Waals surface area contributed by atoms with Gasteiger partial charge in [0.25, 0.3) is 0 Å². The van der Waals surface area contributed by atoms with Gasteiger partial charge in [-0.3, -0.25) is 5.01 Å². The lowest BCUT2D eigenvalue weighted by Gasteiger charge is -2.26. The first-order valence-corrected chi connectivity index (χ1v) is 10.6. The number of nitrogens with two attached hydrogens (primary N) is 2. The molecule has 0 bridgehead atoms. The van der Waals surface area contributed by atoms with E-state index in [4.69, 9.17) is 43.2 Å². The van der Waals surface area contributed by atoms with E-state index in [1.807, 2.05) is 0 Å². The van der Waals surface area contributed by atoms with Gasteiger partial charge in [0.15, 0.2) is 21.9 Å². The molecule has 2 atom stereocenters. The Kier molecular flexibility index (Phi) is 10.7. The summed E-state index contributed by atoms with van der Waals surface area (Å²) in [5, 5.41) is 27.4. The molecule has 1 aliphatic rings. The van der Waals surface area contributed by atoms with Crippen LogP contribution < -0.4 is 16.6 Å². The average molecular weight is 438 g/mol. The molecule has 0 amide bonds. The predicted octanol–water partition coefficient (Wildman–Crippen LogP) is 1.53. The second-order valence-corrected chi connectivity index (χ2v) is 8.39. The van der Waals surface area contributed by atoms with E-state index >= 15 is 0 Å². The van der Waals surface area contributed by atoms with Crippen molar-refractivity contribution in [3.05, 3.63) is 5.15 Å². The summed E-state index contributed by atoms with van der Waals surface area (Å²) in [5.41, 5.74) is 6.31. The summed E-state index contributed by atoms with van der Waals surface area (Å²) < 4.78 is 5.57. The van der Waals surface area contributed by atoms with Crippen molar-refractivity contribution in [2.45, 2.75) is 69.5 Å². The molecule has 0 saturated heterocycles. The van der Waals surface area contributed by atoms with Gasteiger partial charge in [0.2, 0.25) is 0 Å². The van der Waals surface area contributed by atoms with Crippen LogP contribution in [0, 0.1) is 0 Å². The minimum atomic E-state index is -1.50. The summed E-state index contributed by atoms with van der Waals surface area (Å²) in [6.07, 6.45) is 3.67. The number of hydrazine groups is 1. The summed E-state index contributed by atoms with van der Waals surface area (Å²) in [6.45, 7) is 5.06. The van der Waals surface area contributed by atoms with Gasteiger partial charge < -0.3 is 25.8 Å². The maximum absolute atomic E-state index is 8.84. The van der Waals surface area contributed by atoms with Crippen molar-refractivity contribution in [3.63, 3.8) is 0 Å². The van der Waals surface area contributed by atoms with E-state index in [1.54, 1.807) is 5.01 Å². The molecular weight excluding hydrogens is 406 g/mol. The minimum Gasteiger partial charge on any atom is -0.394 e. The molecule has 0 spiro atoms. The van der Waals surface area contributed by atoms with E-state index in [2.05, 4.69) is 16.9 Å². The van der Waals surface area contributed by atoms with Gasteiger partial charge in [0.1, 0.15) is 5.69 Å². The molecule has 28 heavy (non-hydrogen) atoms. The summed E-state index contributed by atoms with van der Waals surface area (Å²) in [7, 11) is 0. The highest BCUT2D eigenvalue weighted by atomic mass is 35.5. The van der Waals surface area contributed by atoms with Crippen LogP contribution in [0.1, 0.15) is 46.5 Å². The summed E-state index contributed by atoms with van der Waals surface area (Å²) in [5.74, 6) is 6.13. The molecule has 162 valence electrons. The van der Waals surface area contributed by atoms with E-state index in [-0.39, 0.29) is 23.9 Å². The Hall–Kier alpha value is -0.880. The van der Waals surface area contributed by atoms with Crippen molar-refractivity contribution < 1.29 is 20.1 Å². The molecule has 9 nitrogen and oxygen atoms in total. The van der Waals surface area contributed by atoms with Crippen LogP contribution >= 0.6 is 23.4 Å². The van der Waals surface area contributed by atoms with Gasteiger partial charge in [-0.15, -0.1) is 0 Å². The summed E-state index contributed by atoms with van der Waals surface area (Å²) in [4.78, 5) is 8.66. The van der Waals surface area contributed by atoms with Crippen LogP contribution in [0.3, 0.4) is 0 Å². The maximum atomic E-state index is 8.84. The number of anilines is 2. The molecule has 11 heteroatoms. The Balaban J connectivity index is 0.000000696. The molecule has 1 aliphatic carbocycles. The van der Waals surface area contributed by atoms with E-state index < -0.39 is 5.79 Å². The number of ether oxygens (including phenoxy) is 1. The quantitative estimate of drug-likeness (QED) is 0.101. The van der Waals surface area contributed by atoms with E-state index in [0.717, 1.165) is 31.4 Å². The molecule has 0 radical (unpaired) electrons. The highest BCUT2D eigenvalue weighted by Gasteiger charge is 2.31. The number of hydrogen-bond donors (Lipinski definition) is 5. The fraction of sp³-hybridized carbons (Fsp3) is 0.765. The van der Waals surface area contributed by atoms with Crippen LogP contribution in [-0.2, 0) is 4.74 Å². The molecule has 0 aliphatic heterocycles. The fourth-order valence-electron chi connectivity index (χ4n) is 2.58. The SMILES string of the molecule is CC(C)(O)O.CCCSc1nc(Cl)c(N)c(N(N)[C@H]2CC[C@@H](OCCO)C2)n1. The van der Waals surface area contributed by atoms with Gasteiger partial charge in [0, 0.05) is 11.8 Å². The van der Waals surface area contributed by atoms with E-state index in [1.165, 1.54) is 25.6 Å². The van der Waals surface area contributed by atoms with Crippen molar-refractivity contribution >= 4 is 34.9 Å². The lowest BCUT2D eigenvalue weighted by molar-refractivity contribution is -0.127. The second-order valence-electron chi connectivity index (χ2n) is 6.97. The molecule has 1 heterocycles. The van der Waals surface area contributed by atoms with Gasteiger partial charge >= 0.3 is 0 Å². The van der Waals surface area contributed by atoms with Crippen LogP contribution in [0.5, 0.6) is 0 Å². The third kappa shape index (κ3) is 9.08. The Morgan fingerprint density at radius 1 is 1.32 bits per heavy atom. The van der Waals surface area contributed by atoms with Crippen molar-refractivity contribution in [1.82, 2.24) is 9.97 Å². The number of aliphatic hydroxyl groups excluding tert-OH is 1. The van der Waals surface area contributed by atoms with E-state index in [9.17, 15) is 0 Å². The highest BCUT2D eigenvalue weighted by molar-refractivity contribution is 7.99. The van der Waals surface area contributed by atoms with Crippen LogP contribution in [-0.4, -0.2) is 62.2 Å². The normalized spacial score (nSPS) is 19.3. The smallest absolute Gasteiger partial charge is 0.191 e. The maximum Gasteiger partial charge on any atom is 0.191 e. The second kappa shape index (κ2) is 12.0. The van der Waals surface area contributed by atoms with Gasteiger partial charge in [-0.2, -0.15) is 0 Å². The van der Waals surface area contributed by atoms with Crippen LogP contribution in [0.15, 0.2) is 5.16 Å². The molecule has 1 aromatic rings. The van der Waals surface area contributed by atoms with Crippen LogP contribution in [0.25, 0.3) is 0 Å². The fourth-order valence-corrected chi connectivity index (χ4v) is 3.49. The third-order valence-corrected chi connectivity index (χ3v) is 5.07. The summed E-state index contributed by atoms with van der Waals surface area (Å²) >= 11 is 7.65. The lowest BCUT2D eigenvalue weighted by atomic mass is 10.2. The Morgan fingerprint density at radius 3 is 2.54 bits per heavy atom. The lowest BCUT2D eigenvalue weighted by Crippen LogP contribution is -2.41. The molecule has 2 rings (SSSR count). The first-order chi connectivity index (χ1) is 13.1. The third-order valence-electron chi connectivity index (χ3n) is 3.73. The number of aromatic nitrogens is 2. The number of hydrogen-bond acceptors (Lipinski definition) is 10. The predicted molar refractivity (Wildman–Crippen MR) is 112 cm³/mol. The number of nitrogens with zero attached hydrogens (tertiary/aromatic N) is 3. The standard InChI is InChI=1S/C14H24ClN5O2S.C3H8O2/c1-2-7-23-14-18-12(15)11(16)13(19-14)20(17)9-3-4-10(8-9)22-6-5-21;1-3(2,4)5/h9-10,21H,2-8,16-17H2,1H3;4-5H,1-2H3/t9-,10+;/m0./s1. The molecule has 1 saturated carbocycles. The Bertz CT molecular complexity index is 600. The zero-order valence-electron chi connectivity index (χ0n) is 16.6. The number of rotatable bonds is 8. The van der Waals surface area contributed by atoms with Crippen LogP contribution in [0.2, 0.25) is 5.15 Å². The zero-order chi connectivity index (χ0) is 21.3. The average Bonchev–Trinajstić information content (AvgIpc) is 3.07. The van der Waals surface area contributed by atoms with Crippen molar-refractivity contribution in [2.24, 2.45) is 5.84 Å². The van der Waals surface area contributed by atoms with Gasteiger partial charge in [-0.1, -0.05) is 30.3 Å². The zero-order valence-corrected chi connectivity index (χ0v) is 18.2. The molecule has 1 aromatic heterocycles. The number of aliphatic hydroxyl groups is 3.